The van der Waals surface area contributed by atoms with Crippen molar-refractivity contribution in [2.24, 2.45) is 5.73 Å². The Balaban J connectivity index is 2.05. The first-order valence-corrected chi connectivity index (χ1v) is 7.31. The smallest absolute Gasteiger partial charge is 0.0344 e. The molecule has 0 saturated carbocycles. The molecule has 0 aliphatic carbocycles. The van der Waals surface area contributed by atoms with Crippen molar-refractivity contribution in [3.63, 3.8) is 0 Å². The Morgan fingerprint density at radius 3 is 1.95 bits per heavy atom. The molecule has 0 bridgehead atoms. The molecule has 2 aromatic carbocycles. The highest BCUT2D eigenvalue weighted by Gasteiger charge is 2.26. The molecule has 2 heteroatoms. The van der Waals surface area contributed by atoms with E-state index >= 15 is 0 Å². The van der Waals surface area contributed by atoms with Gasteiger partial charge in [-0.25, -0.2) is 0 Å². The van der Waals surface area contributed by atoms with Crippen LogP contribution in [0.25, 0.3) is 0 Å². The number of hydrogen-bond donors (Lipinski definition) is 2. The molecule has 0 fully saturated rings. The second-order valence-corrected chi connectivity index (χ2v) is 5.34. The molecule has 0 radical (unpaired) electrons. The van der Waals surface area contributed by atoms with Gasteiger partial charge in [-0.2, -0.15) is 0 Å². The van der Waals surface area contributed by atoms with Crippen LogP contribution in [-0.4, -0.2) is 12.1 Å². The zero-order valence-electron chi connectivity index (χ0n) is 12.2. The van der Waals surface area contributed by atoms with Gasteiger partial charge in [-0.05, 0) is 24.0 Å². The molecule has 2 nitrogen and oxygen atoms in total. The average Bonchev–Trinajstić information content (AvgIpc) is 2.53. The molecule has 20 heavy (non-hydrogen) atoms. The molecule has 2 rings (SSSR count). The van der Waals surface area contributed by atoms with Crippen LogP contribution in [-0.2, 0) is 13.0 Å². The van der Waals surface area contributed by atoms with Crippen molar-refractivity contribution < 1.29 is 0 Å². The molecule has 0 aromatic heterocycles. The van der Waals surface area contributed by atoms with Crippen LogP contribution in [0.2, 0.25) is 0 Å². The maximum absolute atomic E-state index is 6.07. The van der Waals surface area contributed by atoms with Gasteiger partial charge in [0, 0.05) is 18.6 Å². The maximum Gasteiger partial charge on any atom is 0.0344 e. The summed E-state index contributed by atoms with van der Waals surface area (Å²) in [5, 5.41) is 3.67. The summed E-state index contributed by atoms with van der Waals surface area (Å²) in [7, 11) is 0. The molecule has 0 saturated heterocycles. The fraction of sp³-hybridized carbons (Fsp3) is 0.333. The second kappa shape index (κ2) is 7.22. The molecular formula is C18H24N2. The Hall–Kier alpha value is -1.64. The van der Waals surface area contributed by atoms with E-state index in [2.05, 4.69) is 66.8 Å². The quantitative estimate of drug-likeness (QED) is 0.809. The van der Waals surface area contributed by atoms with E-state index in [9.17, 15) is 0 Å². The van der Waals surface area contributed by atoms with E-state index in [-0.39, 0.29) is 5.54 Å². The zero-order valence-corrected chi connectivity index (χ0v) is 12.2. The van der Waals surface area contributed by atoms with E-state index in [1.54, 1.807) is 0 Å². The third kappa shape index (κ3) is 3.92. The minimum Gasteiger partial charge on any atom is -0.329 e. The summed E-state index contributed by atoms with van der Waals surface area (Å²) in [5.74, 6) is 0. The van der Waals surface area contributed by atoms with Crippen molar-refractivity contribution in [3.8, 4) is 0 Å². The summed E-state index contributed by atoms with van der Waals surface area (Å²) in [4.78, 5) is 0. The number of rotatable bonds is 7. The highest BCUT2D eigenvalue weighted by Crippen LogP contribution is 2.17. The fourth-order valence-electron chi connectivity index (χ4n) is 2.47. The molecule has 0 aliphatic heterocycles. The van der Waals surface area contributed by atoms with Gasteiger partial charge in [0.15, 0.2) is 0 Å². The lowest BCUT2D eigenvalue weighted by Gasteiger charge is -2.33. The third-order valence-electron chi connectivity index (χ3n) is 3.96. The molecular weight excluding hydrogens is 244 g/mol. The first kappa shape index (κ1) is 14.8. The topological polar surface area (TPSA) is 38.0 Å². The van der Waals surface area contributed by atoms with Crippen molar-refractivity contribution in [1.82, 2.24) is 5.32 Å². The van der Waals surface area contributed by atoms with Gasteiger partial charge in [-0.1, -0.05) is 67.6 Å². The van der Waals surface area contributed by atoms with E-state index < -0.39 is 0 Å². The minimum absolute atomic E-state index is 0.0306. The first-order valence-electron chi connectivity index (χ1n) is 7.31. The molecule has 106 valence electrons. The van der Waals surface area contributed by atoms with Crippen LogP contribution in [0.15, 0.2) is 60.7 Å². The monoisotopic (exact) mass is 268 g/mol. The van der Waals surface area contributed by atoms with Crippen molar-refractivity contribution in [2.75, 3.05) is 6.54 Å². The predicted molar refractivity (Wildman–Crippen MR) is 85.5 cm³/mol. The Morgan fingerprint density at radius 2 is 1.45 bits per heavy atom. The van der Waals surface area contributed by atoms with Gasteiger partial charge in [-0.15, -0.1) is 0 Å². The summed E-state index contributed by atoms with van der Waals surface area (Å²) in [6, 6.07) is 21.1. The van der Waals surface area contributed by atoms with Crippen LogP contribution >= 0.6 is 0 Å². The van der Waals surface area contributed by atoms with Gasteiger partial charge in [0.05, 0.1) is 0 Å². The molecule has 1 atom stereocenters. The van der Waals surface area contributed by atoms with Crippen LogP contribution in [0.1, 0.15) is 24.5 Å². The van der Waals surface area contributed by atoms with Gasteiger partial charge < -0.3 is 11.1 Å². The Morgan fingerprint density at radius 1 is 0.900 bits per heavy atom. The number of hydrogen-bond acceptors (Lipinski definition) is 2. The standard InChI is InChI=1S/C18H24N2/c1-2-18(15-19,13-16-9-5-3-6-10-16)20-14-17-11-7-4-8-12-17/h3-12,20H,2,13-15,19H2,1H3. The molecule has 0 amide bonds. The van der Waals surface area contributed by atoms with E-state index in [0.29, 0.717) is 6.54 Å². The lowest BCUT2D eigenvalue weighted by atomic mass is 9.88. The molecule has 1 unspecified atom stereocenters. The number of nitrogens with one attached hydrogen (secondary N) is 1. The Labute approximate surface area is 122 Å². The SMILES string of the molecule is CCC(CN)(Cc1ccccc1)NCc1ccccc1. The molecule has 2 aromatic rings. The summed E-state index contributed by atoms with van der Waals surface area (Å²) < 4.78 is 0. The van der Waals surface area contributed by atoms with Gasteiger partial charge in [0.2, 0.25) is 0 Å². The van der Waals surface area contributed by atoms with Gasteiger partial charge in [-0.3, -0.25) is 0 Å². The van der Waals surface area contributed by atoms with Crippen LogP contribution in [0.4, 0.5) is 0 Å². The van der Waals surface area contributed by atoms with Crippen LogP contribution in [0.3, 0.4) is 0 Å². The van der Waals surface area contributed by atoms with Crippen molar-refractivity contribution in [1.29, 1.82) is 0 Å². The lowest BCUT2D eigenvalue weighted by Crippen LogP contribution is -2.52. The Kier molecular flexibility index (Phi) is 5.33. The number of nitrogens with two attached hydrogens (primary N) is 1. The third-order valence-corrected chi connectivity index (χ3v) is 3.96. The predicted octanol–water partition coefficient (Wildman–Crippen LogP) is 3.13. The molecule has 0 aliphatic rings. The molecule has 0 heterocycles. The fourth-order valence-corrected chi connectivity index (χ4v) is 2.47. The maximum atomic E-state index is 6.07. The van der Waals surface area contributed by atoms with Gasteiger partial charge in [0.25, 0.3) is 0 Å². The van der Waals surface area contributed by atoms with Crippen molar-refractivity contribution >= 4 is 0 Å². The van der Waals surface area contributed by atoms with Crippen LogP contribution < -0.4 is 11.1 Å². The van der Waals surface area contributed by atoms with Crippen LogP contribution in [0, 0.1) is 0 Å². The van der Waals surface area contributed by atoms with Gasteiger partial charge >= 0.3 is 0 Å². The number of benzene rings is 2. The van der Waals surface area contributed by atoms with E-state index in [0.717, 1.165) is 19.4 Å². The lowest BCUT2D eigenvalue weighted by molar-refractivity contribution is 0.315. The Bertz CT molecular complexity index is 489. The minimum atomic E-state index is -0.0306. The highest BCUT2D eigenvalue weighted by atomic mass is 15.0. The first-order chi connectivity index (χ1) is 9.78. The van der Waals surface area contributed by atoms with Gasteiger partial charge in [0.1, 0.15) is 0 Å². The van der Waals surface area contributed by atoms with E-state index in [1.165, 1.54) is 11.1 Å². The summed E-state index contributed by atoms with van der Waals surface area (Å²) >= 11 is 0. The normalized spacial score (nSPS) is 13.9. The van der Waals surface area contributed by atoms with Crippen LogP contribution in [0.5, 0.6) is 0 Å². The van der Waals surface area contributed by atoms with E-state index in [1.807, 2.05) is 6.07 Å². The summed E-state index contributed by atoms with van der Waals surface area (Å²) in [5.41, 5.74) is 8.67. The largest absolute Gasteiger partial charge is 0.329 e. The average molecular weight is 268 g/mol. The molecule has 3 N–H and O–H groups in total. The van der Waals surface area contributed by atoms with Crippen molar-refractivity contribution in [3.05, 3.63) is 71.8 Å². The zero-order chi connectivity index (χ0) is 14.3. The summed E-state index contributed by atoms with van der Waals surface area (Å²) in [6.07, 6.45) is 1.99. The van der Waals surface area contributed by atoms with Crippen molar-refractivity contribution in [2.45, 2.75) is 31.8 Å². The van der Waals surface area contributed by atoms with E-state index in [4.69, 9.17) is 5.73 Å². The second-order valence-electron chi connectivity index (χ2n) is 5.34. The summed E-state index contributed by atoms with van der Waals surface area (Å²) in [6.45, 7) is 3.71. The molecule has 0 spiro atoms. The highest BCUT2D eigenvalue weighted by molar-refractivity contribution is 5.19.